The zero-order valence-corrected chi connectivity index (χ0v) is 10.0. The molecule has 0 radical (unpaired) electrons. The first-order valence-corrected chi connectivity index (χ1v) is 5.95. The van der Waals surface area contributed by atoms with Gasteiger partial charge in [0.15, 0.2) is 5.78 Å². The molecule has 0 saturated heterocycles. The van der Waals surface area contributed by atoms with Gasteiger partial charge >= 0.3 is 0 Å². The summed E-state index contributed by atoms with van der Waals surface area (Å²) in [6.07, 6.45) is 4.34. The molecule has 1 rings (SSSR count). The molecule has 1 aromatic carbocycles. The number of halogens is 1. The van der Waals surface area contributed by atoms with Crippen molar-refractivity contribution >= 4 is 5.78 Å². The Kier molecular flexibility index (Phi) is 5.17. The van der Waals surface area contributed by atoms with Crippen molar-refractivity contribution in [1.82, 2.24) is 0 Å². The second kappa shape index (κ2) is 6.41. The van der Waals surface area contributed by atoms with Crippen LogP contribution in [0.3, 0.4) is 0 Å². The fourth-order valence-electron chi connectivity index (χ4n) is 1.73. The van der Waals surface area contributed by atoms with Crippen molar-refractivity contribution in [2.45, 2.75) is 39.5 Å². The number of Topliss-reactive ketones (excluding diaryl/α,β-unsaturated/α-hetero) is 1. The normalized spacial score (nSPS) is 12.4. The molecule has 0 aliphatic carbocycles. The Labute approximate surface area is 96.7 Å². The van der Waals surface area contributed by atoms with Gasteiger partial charge in [0.25, 0.3) is 0 Å². The van der Waals surface area contributed by atoms with E-state index in [0.29, 0.717) is 5.56 Å². The van der Waals surface area contributed by atoms with Crippen LogP contribution in [0.15, 0.2) is 24.3 Å². The topological polar surface area (TPSA) is 17.1 Å². The van der Waals surface area contributed by atoms with E-state index in [4.69, 9.17) is 0 Å². The number of hydrogen-bond donors (Lipinski definition) is 0. The number of carbonyl (C=O) groups excluding carboxylic acids is 1. The molecule has 0 amide bonds. The van der Waals surface area contributed by atoms with E-state index in [0.717, 1.165) is 19.3 Å². The molecule has 1 atom stereocenters. The lowest BCUT2D eigenvalue weighted by atomic mass is 9.94. The number of hydrogen-bond acceptors (Lipinski definition) is 1. The standard InChI is InChI=1S/C14H19FO/c1-3-4-5-6-11(2)14(16)12-7-9-13(15)10-8-12/h7-11H,3-6H2,1-2H3. The van der Waals surface area contributed by atoms with Crippen LogP contribution in [0, 0.1) is 11.7 Å². The molecule has 0 N–H and O–H groups in total. The van der Waals surface area contributed by atoms with Crippen LogP contribution in [-0.4, -0.2) is 5.78 Å². The Bertz CT molecular complexity index is 329. The average Bonchev–Trinajstić information content (AvgIpc) is 2.29. The molecule has 0 aromatic heterocycles. The van der Waals surface area contributed by atoms with Gasteiger partial charge in [-0.1, -0.05) is 33.1 Å². The molecule has 0 saturated carbocycles. The Balaban J connectivity index is 2.53. The predicted molar refractivity (Wildman–Crippen MR) is 64.0 cm³/mol. The summed E-state index contributed by atoms with van der Waals surface area (Å²) in [7, 11) is 0. The molecule has 88 valence electrons. The van der Waals surface area contributed by atoms with Gasteiger partial charge in [0, 0.05) is 11.5 Å². The summed E-state index contributed by atoms with van der Waals surface area (Å²) in [4.78, 5) is 11.9. The highest BCUT2D eigenvalue weighted by Gasteiger charge is 2.14. The van der Waals surface area contributed by atoms with E-state index in [2.05, 4.69) is 6.92 Å². The van der Waals surface area contributed by atoms with Gasteiger partial charge in [-0.2, -0.15) is 0 Å². The number of carbonyl (C=O) groups is 1. The zero-order chi connectivity index (χ0) is 12.0. The van der Waals surface area contributed by atoms with Crippen LogP contribution in [0.4, 0.5) is 4.39 Å². The maximum Gasteiger partial charge on any atom is 0.165 e. The lowest BCUT2D eigenvalue weighted by Crippen LogP contribution is -2.11. The van der Waals surface area contributed by atoms with Crippen LogP contribution >= 0.6 is 0 Å². The maximum atomic E-state index is 12.7. The van der Waals surface area contributed by atoms with Crippen molar-refractivity contribution in [3.05, 3.63) is 35.6 Å². The monoisotopic (exact) mass is 222 g/mol. The summed E-state index contributed by atoms with van der Waals surface area (Å²) >= 11 is 0. The Morgan fingerprint density at radius 2 is 1.88 bits per heavy atom. The van der Waals surface area contributed by atoms with Crippen LogP contribution in [0.1, 0.15) is 49.9 Å². The van der Waals surface area contributed by atoms with E-state index >= 15 is 0 Å². The van der Waals surface area contributed by atoms with Crippen molar-refractivity contribution in [2.24, 2.45) is 5.92 Å². The van der Waals surface area contributed by atoms with Gasteiger partial charge in [-0.3, -0.25) is 4.79 Å². The third-order valence-corrected chi connectivity index (χ3v) is 2.82. The first-order chi connectivity index (χ1) is 7.65. The van der Waals surface area contributed by atoms with E-state index in [1.807, 2.05) is 6.92 Å². The van der Waals surface area contributed by atoms with Crippen LogP contribution in [0.5, 0.6) is 0 Å². The third-order valence-electron chi connectivity index (χ3n) is 2.82. The highest BCUT2D eigenvalue weighted by molar-refractivity contribution is 5.97. The van der Waals surface area contributed by atoms with Crippen LogP contribution in [-0.2, 0) is 0 Å². The molecule has 16 heavy (non-hydrogen) atoms. The fraction of sp³-hybridized carbons (Fsp3) is 0.500. The minimum Gasteiger partial charge on any atom is -0.294 e. The molecular weight excluding hydrogens is 203 g/mol. The summed E-state index contributed by atoms with van der Waals surface area (Å²) < 4.78 is 12.7. The second-order valence-corrected chi connectivity index (χ2v) is 4.27. The SMILES string of the molecule is CCCCCC(C)C(=O)c1ccc(F)cc1. The molecule has 2 heteroatoms. The molecule has 0 bridgehead atoms. The van der Waals surface area contributed by atoms with Crippen molar-refractivity contribution < 1.29 is 9.18 Å². The van der Waals surface area contributed by atoms with E-state index < -0.39 is 0 Å². The quantitative estimate of drug-likeness (QED) is 0.520. The minimum atomic E-state index is -0.296. The Morgan fingerprint density at radius 3 is 2.44 bits per heavy atom. The van der Waals surface area contributed by atoms with Gasteiger partial charge in [-0.15, -0.1) is 0 Å². The largest absolute Gasteiger partial charge is 0.294 e. The van der Waals surface area contributed by atoms with E-state index in [-0.39, 0.29) is 17.5 Å². The smallest absolute Gasteiger partial charge is 0.165 e. The third kappa shape index (κ3) is 3.76. The summed E-state index contributed by atoms with van der Waals surface area (Å²) in [5.74, 6) is -0.136. The molecule has 0 fully saturated rings. The Morgan fingerprint density at radius 1 is 1.25 bits per heavy atom. The molecule has 1 unspecified atom stereocenters. The molecule has 0 aliphatic heterocycles. The van der Waals surface area contributed by atoms with E-state index in [1.165, 1.54) is 18.6 Å². The molecule has 0 spiro atoms. The highest BCUT2D eigenvalue weighted by Crippen LogP contribution is 2.15. The van der Waals surface area contributed by atoms with Crippen molar-refractivity contribution in [3.63, 3.8) is 0 Å². The van der Waals surface area contributed by atoms with Crippen molar-refractivity contribution in [3.8, 4) is 0 Å². The van der Waals surface area contributed by atoms with Crippen LogP contribution in [0.25, 0.3) is 0 Å². The van der Waals surface area contributed by atoms with Gasteiger partial charge in [0.1, 0.15) is 5.82 Å². The van der Waals surface area contributed by atoms with Gasteiger partial charge in [-0.25, -0.2) is 4.39 Å². The van der Waals surface area contributed by atoms with Gasteiger partial charge < -0.3 is 0 Å². The lowest BCUT2D eigenvalue weighted by molar-refractivity contribution is 0.0922. The molecular formula is C14H19FO. The number of rotatable bonds is 6. The molecule has 1 aromatic rings. The lowest BCUT2D eigenvalue weighted by Gasteiger charge is -2.09. The van der Waals surface area contributed by atoms with Crippen LogP contribution in [0.2, 0.25) is 0 Å². The molecule has 0 aliphatic rings. The number of benzene rings is 1. The van der Waals surface area contributed by atoms with E-state index in [1.54, 1.807) is 12.1 Å². The van der Waals surface area contributed by atoms with Gasteiger partial charge in [0.2, 0.25) is 0 Å². The summed E-state index contributed by atoms with van der Waals surface area (Å²) in [6.45, 7) is 4.09. The molecule has 0 heterocycles. The zero-order valence-electron chi connectivity index (χ0n) is 10.0. The van der Waals surface area contributed by atoms with Crippen molar-refractivity contribution in [1.29, 1.82) is 0 Å². The average molecular weight is 222 g/mol. The van der Waals surface area contributed by atoms with E-state index in [9.17, 15) is 9.18 Å². The second-order valence-electron chi connectivity index (χ2n) is 4.27. The summed E-state index contributed by atoms with van der Waals surface area (Å²) in [6, 6.07) is 5.81. The molecule has 1 nitrogen and oxygen atoms in total. The number of unbranched alkanes of at least 4 members (excludes halogenated alkanes) is 2. The van der Waals surface area contributed by atoms with Crippen molar-refractivity contribution in [2.75, 3.05) is 0 Å². The highest BCUT2D eigenvalue weighted by atomic mass is 19.1. The first-order valence-electron chi connectivity index (χ1n) is 5.95. The summed E-state index contributed by atoms with van der Waals surface area (Å²) in [5, 5.41) is 0. The fourth-order valence-corrected chi connectivity index (χ4v) is 1.73. The number of ketones is 1. The van der Waals surface area contributed by atoms with Gasteiger partial charge in [0.05, 0.1) is 0 Å². The first kappa shape index (κ1) is 12.9. The Hall–Kier alpha value is -1.18. The van der Waals surface area contributed by atoms with Gasteiger partial charge in [-0.05, 0) is 30.7 Å². The minimum absolute atomic E-state index is 0.0389. The predicted octanol–water partition coefficient (Wildman–Crippen LogP) is 4.22. The maximum absolute atomic E-state index is 12.7. The summed E-state index contributed by atoms with van der Waals surface area (Å²) in [5.41, 5.74) is 0.616. The van der Waals surface area contributed by atoms with Crippen LogP contribution < -0.4 is 0 Å².